The Hall–Kier alpha value is -0.843. The van der Waals surface area contributed by atoms with Crippen LogP contribution in [0.15, 0.2) is 30.3 Å². The predicted octanol–water partition coefficient (Wildman–Crippen LogP) is 2.46. The summed E-state index contributed by atoms with van der Waals surface area (Å²) in [7, 11) is -0.150. The lowest BCUT2D eigenvalue weighted by atomic mass is 10.3. The standard InChI is InChI=1S/C11H19NO2Si/c1-13-15(2,3)14-10-9-12-11-7-5-4-6-8-11/h4-8,12H,9-10H2,1-3H3. The fourth-order valence-electron chi connectivity index (χ4n) is 1.11. The van der Waals surface area contributed by atoms with E-state index in [0.29, 0.717) is 6.61 Å². The Morgan fingerprint density at radius 3 is 2.47 bits per heavy atom. The first kappa shape index (κ1) is 12.2. The summed E-state index contributed by atoms with van der Waals surface area (Å²) in [5.74, 6) is 0. The number of anilines is 1. The second-order valence-electron chi connectivity index (χ2n) is 3.75. The average molecular weight is 225 g/mol. The van der Waals surface area contributed by atoms with E-state index in [0.717, 1.165) is 12.2 Å². The van der Waals surface area contributed by atoms with Gasteiger partial charge in [-0.05, 0) is 25.2 Å². The maximum Gasteiger partial charge on any atom is 0.331 e. The maximum atomic E-state index is 5.65. The monoisotopic (exact) mass is 225 g/mol. The van der Waals surface area contributed by atoms with Crippen molar-refractivity contribution in [3.8, 4) is 0 Å². The lowest BCUT2D eigenvalue weighted by molar-refractivity contribution is 0.219. The SMILES string of the molecule is CO[Si](C)(C)OCCNc1ccccc1. The highest BCUT2D eigenvalue weighted by Crippen LogP contribution is 2.06. The Bertz CT molecular complexity index is 277. The van der Waals surface area contributed by atoms with Crippen LogP contribution in [0.1, 0.15) is 0 Å². The van der Waals surface area contributed by atoms with Crippen LogP contribution in [0.4, 0.5) is 5.69 Å². The third-order valence-electron chi connectivity index (χ3n) is 2.15. The molecule has 0 saturated heterocycles. The summed E-state index contributed by atoms with van der Waals surface area (Å²) in [6.45, 7) is 5.57. The van der Waals surface area contributed by atoms with Gasteiger partial charge in [0.2, 0.25) is 0 Å². The van der Waals surface area contributed by atoms with Crippen molar-refractivity contribution in [2.75, 3.05) is 25.6 Å². The molecular formula is C11H19NO2Si. The van der Waals surface area contributed by atoms with Gasteiger partial charge in [0.1, 0.15) is 0 Å². The minimum absolute atomic E-state index is 0.682. The van der Waals surface area contributed by atoms with Gasteiger partial charge in [-0.15, -0.1) is 0 Å². The summed E-state index contributed by atoms with van der Waals surface area (Å²) in [6, 6.07) is 10.1. The quantitative estimate of drug-likeness (QED) is 0.596. The second kappa shape index (κ2) is 5.90. The summed E-state index contributed by atoms with van der Waals surface area (Å²) in [6.07, 6.45) is 0. The lowest BCUT2D eigenvalue weighted by Gasteiger charge is -2.20. The molecule has 1 aromatic rings. The number of hydrogen-bond acceptors (Lipinski definition) is 3. The van der Waals surface area contributed by atoms with Crippen LogP contribution >= 0.6 is 0 Å². The van der Waals surface area contributed by atoms with Crippen molar-refractivity contribution in [3.63, 3.8) is 0 Å². The Kier molecular flexibility index (Phi) is 4.81. The Morgan fingerprint density at radius 1 is 1.20 bits per heavy atom. The molecular weight excluding hydrogens is 206 g/mol. The van der Waals surface area contributed by atoms with Crippen LogP contribution in [0.5, 0.6) is 0 Å². The van der Waals surface area contributed by atoms with E-state index in [-0.39, 0.29) is 0 Å². The Morgan fingerprint density at radius 2 is 1.87 bits per heavy atom. The van der Waals surface area contributed by atoms with E-state index in [1.165, 1.54) is 0 Å². The molecule has 0 radical (unpaired) electrons. The van der Waals surface area contributed by atoms with Crippen molar-refractivity contribution in [3.05, 3.63) is 30.3 Å². The summed E-state index contributed by atoms with van der Waals surface area (Å²) < 4.78 is 10.9. The van der Waals surface area contributed by atoms with Gasteiger partial charge in [0.05, 0.1) is 6.61 Å². The van der Waals surface area contributed by atoms with E-state index < -0.39 is 8.56 Å². The minimum atomic E-state index is -1.86. The van der Waals surface area contributed by atoms with Gasteiger partial charge >= 0.3 is 8.56 Å². The number of rotatable bonds is 6. The van der Waals surface area contributed by atoms with Gasteiger partial charge in [0, 0.05) is 19.3 Å². The molecule has 0 unspecified atom stereocenters. The molecule has 0 amide bonds. The highest BCUT2D eigenvalue weighted by molar-refractivity contribution is 6.64. The number of para-hydroxylation sites is 1. The Balaban J connectivity index is 2.18. The van der Waals surface area contributed by atoms with E-state index in [4.69, 9.17) is 8.85 Å². The van der Waals surface area contributed by atoms with Crippen molar-refractivity contribution < 1.29 is 8.85 Å². The van der Waals surface area contributed by atoms with E-state index in [2.05, 4.69) is 5.32 Å². The molecule has 0 aliphatic rings. The molecule has 0 heterocycles. The molecule has 3 nitrogen and oxygen atoms in total. The molecule has 0 aliphatic heterocycles. The molecule has 1 aromatic carbocycles. The molecule has 0 aromatic heterocycles. The lowest BCUT2D eigenvalue weighted by Crippen LogP contribution is -2.35. The summed E-state index contributed by atoms with van der Waals surface area (Å²) in [4.78, 5) is 0. The van der Waals surface area contributed by atoms with Gasteiger partial charge in [0.15, 0.2) is 0 Å². The van der Waals surface area contributed by atoms with E-state index in [1.54, 1.807) is 7.11 Å². The number of nitrogens with one attached hydrogen (secondary N) is 1. The fraction of sp³-hybridized carbons (Fsp3) is 0.455. The average Bonchev–Trinajstić information content (AvgIpc) is 2.26. The van der Waals surface area contributed by atoms with Gasteiger partial charge in [-0.1, -0.05) is 18.2 Å². The molecule has 0 atom stereocenters. The molecule has 0 bridgehead atoms. The molecule has 4 heteroatoms. The van der Waals surface area contributed by atoms with Crippen molar-refractivity contribution >= 4 is 14.2 Å². The van der Waals surface area contributed by atoms with E-state index in [1.807, 2.05) is 43.4 Å². The third kappa shape index (κ3) is 4.97. The molecule has 1 N–H and O–H groups in total. The zero-order chi connectivity index (χ0) is 11.1. The maximum absolute atomic E-state index is 5.65. The Labute approximate surface area is 92.7 Å². The minimum Gasteiger partial charge on any atom is -0.398 e. The normalized spacial score (nSPS) is 11.4. The zero-order valence-electron chi connectivity index (χ0n) is 9.62. The summed E-state index contributed by atoms with van der Waals surface area (Å²) >= 11 is 0. The van der Waals surface area contributed by atoms with Gasteiger partial charge in [-0.3, -0.25) is 0 Å². The first-order valence-corrected chi connectivity index (χ1v) is 7.94. The highest BCUT2D eigenvalue weighted by Gasteiger charge is 2.21. The first-order valence-electron chi connectivity index (χ1n) is 5.12. The number of benzene rings is 1. The van der Waals surface area contributed by atoms with E-state index >= 15 is 0 Å². The van der Waals surface area contributed by atoms with Crippen molar-refractivity contribution in [2.45, 2.75) is 13.1 Å². The molecule has 15 heavy (non-hydrogen) atoms. The van der Waals surface area contributed by atoms with Crippen LogP contribution in [-0.4, -0.2) is 28.8 Å². The van der Waals surface area contributed by atoms with Crippen molar-refractivity contribution in [2.24, 2.45) is 0 Å². The fourth-order valence-corrected chi connectivity index (χ4v) is 1.82. The van der Waals surface area contributed by atoms with Gasteiger partial charge in [0.25, 0.3) is 0 Å². The van der Waals surface area contributed by atoms with E-state index in [9.17, 15) is 0 Å². The summed E-state index contributed by atoms with van der Waals surface area (Å²) in [5.41, 5.74) is 1.12. The van der Waals surface area contributed by atoms with Gasteiger partial charge in [-0.2, -0.15) is 0 Å². The van der Waals surface area contributed by atoms with Crippen LogP contribution in [0.3, 0.4) is 0 Å². The molecule has 0 aliphatic carbocycles. The molecule has 0 fully saturated rings. The molecule has 0 saturated carbocycles. The largest absolute Gasteiger partial charge is 0.398 e. The summed E-state index contributed by atoms with van der Waals surface area (Å²) in [5, 5.41) is 3.28. The van der Waals surface area contributed by atoms with Crippen molar-refractivity contribution in [1.29, 1.82) is 0 Å². The topological polar surface area (TPSA) is 30.5 Å². The van der Waals surface area contributed by atoms with Crippen LogP contribution in [0, 0.1) is 0 Å². The highest BCUT2D eigenvalue weighted by atomic mass is 28.4. The molecule has 0 spiro atoms. The van der Waals surface area contributed by atoms with Crippen LogP contribution in [-0.2, 0) is 8.85 Å². The molecule has 1 rings (SSSR count). The smallest absolute Gasteiger partial charge is 0.331 e. The van der Waals surface area contributed by atoms with Crippen LogP contribution in [0.25, 0.3) is 0 Å². The first-order chi connectivity index (χ1) is 7.14. The third-order valence-corrected chi connectivity index (χ3v) is 4.03. The molecule has 84 valence electrons. The predicted molar refractivity (Wildman–Crippen MR) is 65.4 cm³/mol. The second-order valence-corrected chi connectivity index (χ2v) is 7.24. The van der Waals surface area contributed by atoms with Crippen LogP contribution < -0.4 is 5.32 Å². The zero-order valence-corrected chi connectivity index (χ0v) is 10.6. The van der Waals surface area contributed by atoms with Crippen LogP contribution in [0.2, 0.25) is 13.1 Å². The van der Waals surface area contributed by atoms with Gasteiger partial charge in [-0.25, -0.2) is 0 Å². The van der Waals surface area contributed by atoms with Gasteiger partial charge < -0.3 is 14.2 Å². The number of hydrogen-bond donors (Lipinski definition) is 1. The van der Waals surface area contributed by atoms with Crippen molar-refractivity contribution in [1.82, 2.24) is 0 Å².